The van der Waals surface area contributed by atoms with Gasteiger partial charge >= 0.3 is 0 Å². The van der Waals surface area contributed by atoms with E-state index in [2.05, 4.69) is 58.0 Å². The van der Waals surface area contributed by atoms with Gasteiger partial charge in [0.25, 0.3) is 0 Å². The zero-order valence-electron chi connectivity index (χ0n) is 13.6. The molecule has 0 spiro atoms. The fraction of sp³-hybridized carbons (Fsp3) is 0.400. The number of rotatable bonds is 5. The molecule has 1 heteroatoms. The van der Waals surface area contributed by atoms with Crippen LogP contribution < -0.4 is 4.74 Å². The summed E-state index contributed by atoms with van der Waals surface area (Å²) < 4.78 is 5.94. The van der Waals surface area contributed by atoms with E-state index in [0.29, 0.717) is 0 Å². The van der Waals surface area contributed by atoms with Crippen LogP contribution in [0.1, 0.15) is 46.1 Å². The zero-order chi connectivity index (χ0) is 15.3. The van der Waals surface area contributed by atoms with Gasteiger partial charge in [-0.1, -0.05) is 64.4 Å². The van der Waals surface area contributed by atoms with Crippen LogP contribution in [0.15, 0.2) is 42.5 Å². The van der Waals surface area contributed by atoms with Crippen molar-refractivity contribution < 1.29 is 4.74 Å². The normalized spacial score (nSPS) is 11.4. The quantitative estimate of drug-likeness (QED) is 0.645. The Morgan fingerprint density at radius 3 is 2.57 bits per heavy atom. The summed E-state index contributed by atoms with van der Waals surface area (Å²) in [6.07, 6.45) is 2.23. The predicted molar refractivity (Wildman–Crippen MR) is 89.8 cm³/mol. The molecular formula is C20H25O. The Balaban J connectivity index is 2.33. The van der Waals surface area contributed by atoms with Gasteiger partial charge in [0.15, 0.2) is 0 Å². The largest absolute Gasteiger partial charge is 0.493 e. The lowest BCUT2D eigenvalue weighted by molar-refractivity contribution is 0.310. The summed E-state index contributed by atoms with van der Waals surface area (Å²) in [5, 5.41) is 0. The molecule has 0 bridgehead atoms. The zero-order valence-corrected chi connectivity index (χ0v) is 13.6. The van der Waals surface area contributed by atoms with Crippen LogP contribution in [0.2, 0.25) is 0 Å². The SMILES string of the molecule is CCCCOc1ccccc1-c1[c]ccc(C(C)(C)C)c1. The molecule has 0 amide bonds. The van der Waals surface area contributed by atoms with Crippen molar-refractivity contribution in [3.05, 3.63) is 54.1 Å². The van der Waals surface area contributed by atoms with E-state index in [1.165, 1.54) is 5.56 Å². The first-order valence-electron chi connectivity index (χ1n) is 7.77. The van der Waals surface area contributed by atoms with Crippen molar-refractivity contribution in [1.82, 2.24) is 0 Å². The van der Waals surface area contributed by atoms with Gasteiger partial charge in [0.05, 0.1) is 6.61 Å². The first-order valence-corrected chi connectivity index (χ1v) is 7.77. The summed E-state index contributed by atoms with van der Waals surface area (Å²) >= 11 is 0. The van der Waals surface area contributed by atoms with Crippen molar-refractivity contribution in [1.29, 1.82) is 0 Å². The van der Waals surface area contributed by atoms with Gasteiger partial charge in [-0.25, -0.2) is 0 Å². The first kappa shape index (κ1) is 15.6. The Morgan fingerprint density at radius 2 is 1.86 bits per heavy atom. The molecule has 111 valence electrons. The van der Waals surface area contributed by atoms with E-state index >= 15 is 0 Å². The summed E-state index contributed by atoms with van der Waals surface area (Å²) in [7, 11) is 0. The molecule has 0 N–H and O–H groups in total. The maximum Gasteiger partial charge on any atom is 0.127 e. The lowest BCUT2D eigenvalue weighted by atomic mass is 9.85. The highest BCUT2D eigenvalue weighted by atomic mass is 16.5. The predicted octanol–water partition coefficient (Wildman–Crippen LogP) is 5.63. The highest BCUT2D eigenvalue weighted by molar-refractivity contribution is 5.70. The van der Waals surface area contributed by atoms with Gasteiger partial charge in [0.1, 0.15) is 5.75 Å². The van der Waals surface area contributed by atoms with Crippen molar-refractivity contribution in [2.45, 2.75) is 46.0 Å². The Hall–Kier alpha value is -1.76. The molecule has 1 nitrogen and oxygen atoms in total. The van der Waals surface area contributed by atoms with Gasteiger partial charge in [-0.3, -0.25) is 0 Å². The van der Waals surface area contributed by atoms with Gasteiger partial charge in [-0.15, -0.1) is 0 Å². The summed E-state index contributed by atoms with van der Waals surface area (Å²) in [4.78, 5) is 0. The van der Waals surface area contributed by atoms with E-state index < -0.39 is 0 Å². The van der Waals surface area contributed by atoms with Crippen LogP contribution in [0, 0.1) is 6.07 Å². The lowest BCUT2D eigenvalue weighted by Crippen LogP contribution is -2.10. The molecule has 0 atom stereocenters. The minimum atomic E-state index is 0.141. The number of benzene rings is 2. The number of hydrogen-bond donors (Lipinski definition) is 0. The molecule has 0 heterocycles. The second kappa shape index (κ2) is 6.80. The van der Waals surface area contributed by atoms with Crippen LogP contribution in [0.5, 0.6) is 5.75 Å². The summed E-state index contributed by atoms with van der Waals surface area (Å²) in [6, 6.07) is 18.0. The lowest BCUT2D eigenvalue weighted by Gasteiger charge is -2.20. The Bertz CT molecular complexity index is 578. The molecule has 0 aliphatic heterocycles. The average Bonchev–Trinajstić information content (AvgIpc) is 2.47. The molecule has 0 aromatic heterocycles. The second-order valence-corrected chi connectivity index (χ2v) is 6.44. The average molecular weight is 281 g/mol. The standard InChI is InChI=1S/C20H25O/c1-5-6-14-21-19-13-8-7-12-18(19)16-10-9-11-17(15-16)20(2,3)4/h7-9,11-13,15H,5-6,14H2,1-4H3. The van der Waals surface area contributed by atoms with Crippen LogP contribution in [-0.2, 0) is 5.41 Å². The third-order valence-electron chi connectivity index (χ3n) is 3.60. The van der Waals surface area contributed by atoms with E-state index in [1.54, 1.807) is 0 Å². The maximum atomic E-state index is 5.94. The number of para-hydroxylation sites is 1. The smallest absolute Gasteiger partial charge is 0.127 e. The highest BCUT2D eigenvalue weighted by Crippen LogP contribution is 2.32. The second-order valence-electron chi connectivity index (χ2n) is 6.44. The molecule has 21 heavy (non-hydrogen) atoms. The molecule has 0 unspecified atom stereocenters. The topological polar surface area (TPSA) is 9.23 Å². The van der Waals surface area contributed by atoms with E-state index in [0.717, 1.165) is 36.3 Å². The highest BCUT2D eigenvalue weighted by Gasteiger charge is 2.15. The fourth-order valence-electron chi connectivity index (χ4n) is 2.23. The first-order chi connectivity index (χ1) is 10.0. The van der Waals surface area contributed by atoms with Gasteiger partial charge in [0, 0.05) is 5.56 Å². The molecule has 0 aliphatic carbocycles. The molecule has 0 fully saturated rings. The third kappa shape index (κ3) is 4.10. The molecule has 2 aromatic carbocycles. The maximum absolute atomic E-state index is 5.94. The monoisotopic (exact) mass is 281 g/mol. The van der Waals surface area contributed by atoms with E-state index in [-0.39, 0.29) is 5.41 Å². The van der Waals surface area contributed by atoms with Crippen molar-refractivity contribution in [2.75, 3.05) is 6.61 Å². The number of hydrogen-bond acceptors (Lipinski definition) is 1. The molecular weight excluding hydrogens is 256 g/mol. The Kier molecular flexibility index (Phi) is 5.06. The van der Waals surface area contributed by atoms with E-state index in [1.807, 2.05) is 18.2 Å². The van der Waals surface area contributed by atoms with Crippen LogP contribution in [0.25, 0.3) is 11.1 Å². The number of ether oxygens (including phenoxy) is 1. The van der Waals surface area contributed by atoms with Gasteiger partial charge in [-0.2, -0.15) is 0 Å². The Labute approximate surface area is 129 Å². The minimum absolute atomic E-state index is 0.141. The summed E-state index contributed by atoms with van der Waals surface area (Å²) in [5.74, 6) is 0.952. The summed E-state index contributed by atoms with van der Waals surface area (Å²) in [6.45, 7) is 9.64. The third-order valence-corrected chi connectivity index (χ3v) is 3.60. The van der Waals surface area contributed by atoms with Gasteiger partial charge in [0.2, 0.25) is 0 Å². The van der Waals surface area contributed by atoms with E-state index in [4.69, 9.17) is 4.74 Å². The molecule has 1 radical (unpaired) electrons. The van der Waals surface area contributed by atoms with Crippen LogP contribution in [0.4, 0.5) is 0 Å². The molecule has 2 aromatic rings. The van der Waals surface area contributed by atoms with E-state index in [9.17, 15) is 0 Å². The van der Waals surface area contributed by atoms with Crippen molar-refractivity contribution in [2.24, 2.45) is 0 Å². The van der Waals surface area contributed by atoms with Gasteiger partial charge < -0.3 is 4.74 Å². The van der Waals surface area contributed by atoms with Crippen molar-refractivity contribution in [3.63, 3.8) is 0 Å². The van der Waals surface area contributed by atoms with Crippen molar-refractivity contribution >= 4 is 0 Å². The molecule has 2 rings (SSSR count). The van der Waals surface area contributed by atoms with Crippen LogP contribution >= 0.6 is 0 Å². The van der Waals surface area contributed by atoms with Gasteiger partial charge in [-0.05, 0) is 41.2 Å². The molecule has 0 saturated carbocycles. The summed E-state index contributed by atoms with van der Waals surface area (Å²) in [5.41, 5.74) is 3.69. The molecule has 0 aliphatic rings. The number of unbranched alkanes of at least 4 members (excludes halogenated alkanes) is 1. The van der Waals surface area contributed by atoms with Crippen LogP contribution in [-0.4, -0.2) is 6.61 Å². The Morgan fingerprint density at radius 1 is 1.10 bits per heavy atom. The van der Waals surface area contributed by atoms with Crippen LogP contribution in [0.3, 0.4) is 0 Å². The minimum Gasteiger partial charge on any atom is -0.493 e. The molecule has 0 saturated heterocycles. The fourth-order valence-corrected chi connectivity index (χ4v) is 2.23. The van der Waals surface area contributed by atoms with Crippen molar-refractivity contribution in [3.8, 4) is 16.9 Å².